The molecule has 0 amide bonds. The maximum absolute atomic E-state index is 5.78. The van der Waals surface area contributed by atoms with Crippen molar-refractivity contribution < 1.29 is 0 Å². The van der Waals surface area contributed by atoms with Gasteiger partial charge in [-0.3, -0.25) is 0 Å². The summed E-state index contributed by atoms with van der Waals surface area (Å²) < 4.78 is 4.64. The molecule has 63 heavy (non-hydrogen) atoms. The number of halogens is 4. The predicted molar refractivity (Wildman–Crippen MR) is 287 cm³/mol. The van der Waals surface area contributed by atoms with Crippen molar-refractivity contribution in [2.45, 2.75) is 96.3 Å². The first-order valence-corrected chi connectivity index (χ1v) is 25.7. The van der Waals surface area contributed by atoms with Crippen LogP contribution in [0.25, 0.3) is 33.4 Å². The summed E-state index contributed by atoms with van der Waals surface area (Å²) in [4.78, 5) is 0. The topological polar surface area (TPSA) is 52.0 Å². The second kappa shape index (κ2) is 24.4. The van der Waals surface area contributed by atoms with Gasteiger partial charge in [0.25, 0.3) is 0 Å². The Hall–Kier alpha value is -3.94. The zero-order chi connectivity index (χ0) is 44.6. The molecule has 9 rings (SSSR count). The molecule has 6 heteroatoms. The number of unbranched alkanes of at least 4 members (excludes halogenated alkanes) is 6. The van der Waals surface area contributed by atoms with E-state index in [1.165, 1.54) is 131 Å². The summed E-state index contributed by atoms with van der Waals surface area (Å²) in [5.74, 6) is 0. The van der Waals surface area contributed by atoms with Crippen LogP contribution in [-0.4, -0.2) is 0 Å². The Bertz CT molecular complexity index is 2390. The summed E-state index contributed by atoms with van der Waals surface area (Å²) in [5, 5.41) is 0. The number of hydrogen-bond donors (Lipinski definition) is 2. The first-order valence-electron chi connectivity index (χ1n) is 22.5. The van der Waals surface area contributed by atoms with Crippen LogP contribution >= 0.6 is 63.7 Å². The van der Waals surface area contributed by atoms with Crippen LogP contribution in [0.1, 0.15) is 100 Å². The molecule has 0 aromatic heterocycles. The molecule has 0 atom stereocenters. The van der Waals surface area contributed by atoms with Crippen molar-refractivity contribution in [3.63, 3.8) is 0 Å². The van der Waals surface area contributed by atoms with E-state index >= 15 is 0 Å². The van der Waals surface area contributed by atoms with Gasteiger partial charge in [-0.15, -0.1) is 0 Å². The standard InChI is InChI=1S/C25H32Br2.C14H13N.C12H8Br2.C6H7N/c1-3-5-7-9-15-25(16-10-8-6-4-2)23-17-19(26)11-13-21(23)22-14-12-20(27)18-24(22)25;15-14-3-1-2-11(9-14)13-7-5-10-4-6-12(10)8-13;13-11-5-1-9(2-6-11)10-3-7-12(14)8-4-10;7-6-4-2-1-3-5-6/h11-14,17-18H,3-10,15-16H2,1-2H3;1-3,5,7-9H,4,6,15H2;1-8H;1-5H,7H2. The Balaban J connectivity index is 0.000000155. The predicted octanol–water partition coefficient (Wildman–Crippen LogP) is 18.6. The molecule has 0 aliphatic heterocycles. The Labute approximate surface area is 410 Å². The van der Waals surface area contributed by atoms with Gasteiger partial charge in [0.2, 0.25) is 0 Å². The van der Waals surface area contributed by atoms with E-state index in [0.717, 1.165) is 20.3 Å². The molecule has 0 unspecified atom stereocenters. The summed E-state index contributed by atoms with van der Waals surface area (Å²) in [6.45, 7) is 4.60. The lowest BCUT2D eigenvalue weighted by atomic mass is 9.70. The average molecular weight is 1090 g/mol. The van der Waals surface area contributed by atoms with E-state index in [2.05, 4.69) is 187 Å². The third kappa shape index (κ3) is 13.5. The largest absolute Gasteiger partial charge is 0.399 e. The quantitative estimate of drug-likeness (QED) is 0.0946. The van der Waals surface area contributed by atoms with Gasteiger partial charge >= 0.3 is 0 Å². The van der Waals surface area contributed by atoms with E-state index in [4.69, 9.17) is 11.5 Å². The minimum atomic E-state index is 0.180. The van der Waals surface area contributed by atoms with Crippen LogP contribution in [0.2, 0.25) is 0 Å². The van der Waals surface area contributed by atoms with E-state index in [1.54, 1.807) is 11.1 Å². The third-order valence-corrected chi connectivity index (χ3v) is 14.2. The van der Waals surface area contributed by atoms with Crippen LogP contribution in [0.5, 0.6) is 0 Å². The number of anilines is 2. The highest BCUT2D eigenvalue weighted by Gasteiger charge is 2.42. The molecule has 2 aliphatic carbocycles. The molecule has 2 aliphatic rings. The molecule has 7 aromatic carbocycles. The molecule has 2 nitrogen and oxygen atoms in total. The van der Waals surface area contributed by atoms with E-state index < -0.39 is 0 Å². The van der Waals surface area contributed by atoms with Gasteiger partial charge in [-0.2, -0.15) is 0 Å². The van der Waals surface area contributed by atoms with Crippen LogP contribution < -0.4 is 11.5 Å². The summed E-state index contributed by atoms with van der Waals surface area (Å²) in [6.07, 6.45) is 15.6. The zero-order valence-electron chi connectivity index (χ0n) is 36.7. The molecule has 0 fully saturated rings. The number of fused-ring (bicyclic) bond motifs is 4. The number of hydrogen-bond acceptors (Lipinski definition) is 2. The second-order valence-electron chi connectivity index (χ2n) is 16.6. The number of benzene rings is 7. The van der Waals surface area contributed by atoms with Gasteiger partial charge in [-0.25, -0.2) is 0 Å². The van der Waals surface area contributed by atoms with E-state index in [1.807, 2.05) is 48.5 Å². The van der Waals surface area contributed by atoms with Crippen molar-refractivity contribution in [1.82, 2.24) is 0 Å². The molecule has 326 valence electrons. The van der Waals surface area contributed by atoms with Crippen molar-refractivity contribution in [2.75, 3.05) is 11.5 Å². The minimum absolute atomic E-state index is 0.180. The van der Waals surface area contributed by atoms with E-state index in [9.17, 15) is 0 Å². The highest BCUT2D eigenvalue weighted by molar-refractivity contribution is 9.11. The minimum Gasteiger partial charge on any atom is -0.399 e. The Morgan fingerprint density at radius 2 is 0.857 bits per heavy atom. The molecule has 0 saturated carbocycles. The molecular formula is C57H60Br4N2. The lowest BCUT2D eigenvalue weighted by molar-refractivity contribution is 0.400. The van der Waals surface area contributed by atoms with Crippen molar-refractivity contribution in [2.24, 2.45) is 0 Å². The number of nitrogen functional groups attached to an aromatic ring is 2. The first kappa shape index (κ1) is 48.5. The SMILES string of the molecule is Brc1ccc(-c2ccc(Br)cc2)cc1.CCCCCCC1(CCCCCC)c2cc(Br)ccc2-c2ccc(Br)cc21.Nc1cccc(-c2ccc3c(c2)CC3)c1.Nc1ccccc1. The maximum Gasteiger partial charge on any atom is 0.0320 e. The van der Waals surface area contributed by atoms with Crippen LogP contribution in [0, 0.1) is 0 Å². The monoisotopic (exact) mass is 1090 g/mol. The summed E-state index contributed by atoms with van der Waals surface area (Å²) in [7, 11) is 0. The molecule has 0 bridgehead atoms. The fourth-order valence-corrected chi connectivity index (χ4v) is 9.89. The Morgan fingerprint density at radius 1 is 0.397 bits per heavy atom. The second-order valence-corrected chi connectivity index (χ2v) is 20.3. The fourth-order valence-electron chi connectivity index (χ4n) is 8.64. The van der Waals surface area contributed by atoms with E-state index in [-0.39, 0.29) is 5.41 Å². The normalized spacial score (nSPS) is 12.4. The van der Waals surface area contributed by atoms with Gasteiger partial charge in [0.05, 0.1) is 0 Å². The summed E-state index contributed by atoms with van der Waals surface area (Å²) in [6, 6.07) is 54.8. The fraction of sp³-hybridized carbons (Fsp3) is 0.263. The van der Waals surface area contributed by atoms with Gasteiger partial charge in [-0.05, 0) is 154 Å². The molecular weight excluding hydrogens is 1030 g/mol. The molecule has 0 radical (unpaired) electrons. The van der Waals surface area contributed by atoms with Gasteiger partial charge < -0.3 is 11.5 Å². The highest BCUT2D eigenvalue weighted by atomic mass is 79.9. The molecule has 0 heterocycles. The number of rotatable bonds is 12. The summed E-state index contributed by atoms with van der Waals surface area (Å²) >= 11 is 14.3. The lowest BCUT2D eigenvalue weighted by Crippen LogP contribution is -2.25. The van der Waals surface area contributed by atoms with Gasteiger partial charge in [0.1, 0.15) is 0 Å². The average Bonchev–Trinajstić information content (AvgIpc) is 3.53. The first-order chi connectivity index (χ1) is 30.6. The molecule has 0 spiro atoms. The number of nitrogens with two attached hydrogens (primary N) is 2. The third-order valence-electron chi connectivity index (χ3n) is 12.1. The van der Waals surface area contributed by atoms with Crippen molar-refractivity contribution in [1.29, 1.82) is 0 Å². The van der Waals surface area contributed by atoms with Crippen LogP contribution in [0.4, 0.5) is 11.4 Å². The van der Waals surface area contributed by atoms with E-state index in [0.29, 0.717) is 0 Å². The Kier molecular flexibility index (Phi) is 18.8. The van der Waals surface area contributed by atoms with Crippen LogP contribution in [0.15, 0.2) is 176 Å². The number of para-hydroxylation sites is 1. The lowest BCUT2D eigenvalue weighted by Gasteiger charge is -2.33. The summed E-state index contributed by atoms with van der Waals surface area (Å²) in [5.41, 5.74) is 26.9. The molecule has 7 aromatic rings. The maximum atomic E-state index is 5.78. The van der Waals surface area contributed by atoms with Crippen LogP contribution in [0.3, 0.4) is 0 Å². The van der Waals surface area contributed by atoms with Gasteiger partial charge in [-0.1, -0.05) is 214 Å². The highest BCUT2D eigenvalue weighted by Crippen LogP contribution is 2.55. The Morgan fingerprint density at radius 3 is 1.29 bits per heavy atom. The van der Waals surface area contributed by atoms with Crippen molar-refractivity contribution in [3.8, 4) is 33.4 Å². The number of aryl methyl sites for hydroxylation is 2. The smallest absolute Gasteiger partial charge is 0.0320 e. The van der Waals surface area contributed by atoms with Crippen molar-refractivity contribution >= 4 is 75.1 Å². The molecule has 4 N–H and O–H groups in total. The van der Waals surface area contributed by atoms with Crippen molar-refractivity contribution in [3.05, 3.63) is 198 Å². The van der Waals surface area contributed by atoms with Gasteiger partial charge in [0.15, 0.2) is 0 Å². The van der Waals surface area contributed by atoms with Crippen LogP contribution in [-0.2, 0) is 18.3 Å². The van der Waals surface area contributed by atoms with Gasteiger partial charge in [0, 0.05) is 34.7 Å². The molecule has 0 saturated heterocycles. The zero-order valence-corrected chi connectivity index (χ0v) is 43.0.